The van der Waals surface area contributed by atoms with Gasteiger partial charge < -0.3 is 21.3 Å². The third-order valence-electron chi connectivity index (χ3n) is 1.65. The minimum Gasteiger partial charge on any atom is -0.480 e. The molecule has 0 spiro atoms. The normalized spacial score (nSPS) is 14.5. The Morgan fingerprint density at radius 1 is 1.33 bits per heavy atom. The quantitative estimate of drug-likeness (QED) is 0.436. The maximum Gasteiger partial charge on any atom is 0.321 e. The van der Waals surface area contributed by atoms with Crippen molar-refractivity contribution in [2.45, 2.75) is 19.0 Å². The van der Waals surface area contributed by atoms with Crippen LogP contribution in [0.1, 0.15) is 6.92 Å². The Hall–Kier alpha value is -0.790. The van der Waals surface area contributed by atoms with Crippen LogP contribution in [0.25, 0.3) is 0 Å². The van der Waals surface area contributed by atoms with Crippen molar-refractivity contribution in [1.29, 1.82) is 0 Å². The van der Waals surface area contributed by atoms with Gasteiger partial charge in [0.15, 0.2) is 0 Å². The predicted molar refractivity (Wildman–Crippen MR) is 58.0 cm³/mol. The van der Waals surface area contributed by atoms with Crippen molar-refractivity contribution in [2.75, 3.05) is 18.1 Å². The Morgan fingerprint density at radius 2 is 1.93 bits per heavy atom. The van der Waals surface area contributed by atoms with E-state index in [2.05, 4.69) is 5.32 Å². The molecule has 0 heterocycles. The number of nitrogens with one attached hydrogen (secondary N) is 1. The molecule has 0 fully saturated rings. The van der Waals surface area contributed by atoms with Crippen LogP contribution in [-0.4, -0.2) is 52.3 Å². The molecule has 0 aliphatic heterocycles. The van der Waals surface area contributed by atoms with Crippen LogP contribution in [0.3, 0.4) is 0 Å². The van der Waals surface area contributed by atoms with E-state index in [1.807, 2.05) is 6.92 Å². The molecular formula is C8H16N2O4S. The Kier molecular flexibility index (Phi) is 7.10. The van der Waals surface area contributed by atoms with Gasteiger partial charge in [-0.05, 0) is 6.54 Å². The number of nitrogens with two attached hydrogens (primary N) is 1. The van der Waals surface area contributed by atoms with Crippen molar-refractivity contribution in [3.05, 3.63) is 0 Å². The predicted octanol–water partition coefficient (Wildman–Crippen LogP) is -0.806. The Bertz CT molecular complexity index is 225. The number of aliphatic carboxylic acids is 2. The van der Waals surface area contributed by atoms with Gasteiger partial charge in [0.1, 0.15) is 12.1 Å². The number of likely N-dealkylation sites (N-methyl/N-ethyl adjacent to an activating group) is 1. The zero-order valence-electron chi connectivity index (χ0n) is 8.47. The smallest absolute Gasteiger partial charge is 0.321 e. The van der Waals surface area contributed by atoms with Gasteiger partial charge in [0.25, 0.3) is 0 Å². The van der Waals surface area contributed by atoms with Crippen molar-refractivity contribution >= 4 is 23.7 Å². The zero-order valence-corrected chi connectivity index (χ0v) is 9.29. The maximum absolute atomic E-state index is 10.7. The van der Waals surface area contributed by atoms with E-state index in [-0.39, 0.29) is 5.75 Å². The molecule has 7 heteroatoms. The van der Waals surface area contributed by atoms with E-state index >= 15 is 0 Å². The van der Waals surface area contributed by atoms with Gasteiger partial charge in [0.05, 0.1) is 0 Å². The summed E-state index contributed by atoms with van der Waals surface area (Å²) in [6, 6.07) is -1.59. The molecule has 15 heavy (non-hydrogen) atoms. The van der Waals surface area contributed by atoms with Crippen molar-refractivity contribution in [1.82, 2.24) is 5.32 Å². The summed E-state index contributed by atoms with van der Waals surface area (Å²) in [6.45, 7) is 2.37. The first-order chi connectivity index (χ1) is 6.99. The molecule has 0 rings (SSSR count). The Balaban J connectivity index is 3.80. The number of hydrogen-bond donors (Lipinski definition) is 4. The molecule has 0 unspecified atom stereocenters. The van der Waals surface area contributed by atoms with Gasteiger partial charge in [-0.3, -0.25) is 9.59 Å². The van der Waals surface area contributed by atoms with Crippen LogP contribution in [0.4, 0.5) is 0 Å². The average Bonchev–Trinajstić information content (AvgIpc) is 2.15. The third-order valence-corrected chi connectivity index (χ3v) is 2.81. The Morgan fingerprint density at radius 3 is 2.33 bits per heavy atom. The molecule has 0 saturated heterocycles. The lowest BCUT2D eigenvalue weighted by Crippen LogP contribution is -2.39. The molecule has 0 bridgehead atoms. The van der Waals surface area contributed by atoms with Crippen LogP contribution in [0, 0.1) is 0 Å². The fraction of sp³-hybridized carbons (Fsp3) is 0.750. The molecule has 0 aromatic heterocycles. The van der Waals surface area contributed by atoms with Gasteiger partial charge >= 0.3 is 11.9 Å². The fourth-order valence-electron chi connectivity index (χ4n) is 0.848. The fourth-order valence-corrected chi connectivity index (χ4v) is 1.88. The van der Waals surface area contributed by atoms with E-state index in [1.54, 1.807) is 0 Å². The van der Waals surface area contributed by atoms with Crippen molar-refractivity contribution in [3.63, 3.8) is 0 Å². The second-order valence-electron chi connectivity index (χ2n) is 2.93. The van der Waals surface area contributed by atoms with Crippen molar-refractivity contribution in [3.8, 4) is 0 Å². The number of hydrogen-bond acceptors (Lipinski definition) is 5. The first-order valence-electron chi connectivity index (χ1n) is 4.51. The van der Waals surface area contributed by atoms with E-state index in [4.69, 9.17) is 15.9 Å². The molecule has 0 aromatic carbocycles. The van der Waals surface area contributed by atoms with Crippen LogP contribution in [0.15, 0.2) is 0 Å². The van der Waals surface area contributed by atoms with E-state index in [1.165, 1.54) is 11.8 Å². The van der Waals surface area contributed by atoms with Gasteiger partial charge in [0.2, 0.25) is 0 Å². The number of carbonyl (C=O) groups is 2. The summed E-state index contributed by atoms with van der Waals surface area (Å²) in [7, 11) is 0. The largest absolute Gasteiger partial charge is 0.480 e. The third kappa shape index (κ3) is 6.32. The second kappa shape index (κ2) is 7.49. The van der Waals surface area contributed by atoms with Gasteiger partial charge in [-0.15, -0.1) is 0 Å². The highest BCUT2D eigenvalue weighted by atomic mass is 32.2. The highest BCUT2D eigenvalue weighted by Crippen LogP contribution is 2.05. The minimum absolute atomic E-state index is 0.213. The molecule has 0 saturated carbocycles. The van der Waals surface area contributed by atoms with E-state index in [9.17, 15) is 9.59 Å². The van der Waals surface area contributed by atoms with Crippen LogP contribution in [0.5, 0.6) is 0 Å². The summed E-state index contributed by atoms with van der Waals surface area (Å²) >= 11 is 1.22. The minimum atomic E-state index is -1.07. The first kappa shape index (κ1) is 14.2. The highest BCUT2D eigenvalue weighted by molar-refractivity contribution is 7.99. The standard InChI is InChI=1S/C8H16N2O4S/c1-2-10-6(8(13)14)4-15-3-5(9)7(11)12/h5-6,10H,2-4,9H2,1H3,(H,11,12)(H,13,14)/t5-,6-/m0/s1. The Labute approximate surface area is 92.2 Å². The van der Waals surface area contributed by atoms with Crippen molar-refractivity contribution in [2.24, 2.45) is 5.73 Å². The summed E-state index contributed by atoms with van der Waals surface area (Å²) in [5, 5.41) is 20.0. The van der Waals surface area contributed by atoms with Crippen LogP contribution >= 0.6 is 11.8 Å². The molecule has 2 atom stereocenters. The molecular weight excluding hydrogens is 220 g/mol. The number of rotatable bonds is 8. The monoisotopic (exact) mass is 236 g/mol. The van der Waals surface area contributed by atoms with Gasteiger partial charge in [-0.1, -0.05) is 6.92 Å². The average molecular weight is 236 g/mol. The van der Waals surface area contributed by atoms with Gasteiger partial charge in [0, 0.05) is 11.5 Å². The number of thioether (sulfide) groups is 1. The van der Waals surface area contributed by atoms with E-state index in [0.29, 0.717) is 12.3 Å². The summed E-state index contributed by atoms with van der Waals surface area (Å²) < 4.78 is 0. The van der Waals surface area contributed by atoms with Crippen LogP contribution in [0.2, 0.25) is 0 Å². The number of carboxylic acids is 2. The van der Waals surface area contributed by atoms with Crippen LogP contribution in [-0.2, 0) is 9.59 Å². The lowest BCUT2D eigenvalue weighted by Gasteiger charge is -2.13. The first-order valence-corrected chi connectivity index (χ1v) is 5.66. The SMILES string of the molecule is CCN[C@@H](CSC[C@H](N)C(=O)O)C(=O)O. The number of carboxylic acid groups (broad SMARTS) is 2. The van der Waals surface area contributed by atoms with Crippen LogP contribution < -0.4 is 11.1 Å². The summed E-state index contributed by atoms with van der Waals surface area (Å²) in [6.07, 6.45) is 0. The molecule has 5 N–H and O–H groups in total. The molecule has 0 radical (unpaired) electrons. The zero-order chi connectivity index (χ0) is 11.8. The lowest BCUT2D eigenvalue weighted by atomic mass is 10.3. The van der Waals surface area contributed by atoms with Crippen molar-refractivity contribution < 1.29 is 19.8 Å². The van der Waals surface area contributed by atoms with E-state index in [0.717, 1.165) is 0 Å². The van der Waals surface area contributed by atoms with Gasteiger partial charge in [-0.25, -0.2) is 0 Å². The van der Waals surface area contributed by atoms with E-state index < -0.39 is 24.0 Å². The second-order valence-corrected chi connectivity index (χ2v) is 4.01. The summed E-state index contributed by atoms with van der Waals surface area (Å²) in [5.41, 5.74) is 5.26. The summed E-state index contributed by atoms with van der Waals surface area (Å²) in [4.78, 5) is 21.0. The molecule has 0 aliphatic rings. The molecule has 0 amide bonds. The molecule has 0 aliphatic carbocycles. The lowest BCUT2D eigenvalue weighted by molar-refractivity contribution is -0.139. The summed E-state index contributed by atoms with van der Waals surface area (Å²) in [5.74, 6) is -1.49. The topological polar surface area (TPSA) is 113 Å². The van der Waals surface area contributed by atoms with Gasteiger partial charge in [-0.2, -0.15) is 11.8 Å². The molecule has 6 nitrogen and oxygen atoms in total. The molecule has 88 valence electrons. The molecule has 0 aromatic rings. The maximum atomic E-state index is 10.7. The highest BCUT2D eigenvalue weighted by Gasteiger charge is 2.17.